The Morgan fingerprint density at radius 2 is 1.69 bits per heavy atom. The van der Waals surface area contributed by atoms with Crippen molar-refractivity contribution >= 4 is 28.3 Å². The summed E-state index contributed by atoms with van der Waals surface area (Å²) < 4.78 is 18.5. The summed E-state index contributed by atoms with van der Waals surface area (Å²) in [6, 6.07) is 22.8. The van der Waals surface area contributed by atoms with Crippen molar-refractivity contribution in [2.75, 3.05) is 19.8 Å². The minimum Gasteiger partial charge on any atom is -0.494 e. The molecule has 3 aromatic heterocycles. The Hall–Kier alpha value is -4.17. The van der Waals surface area contributed by atoms with E-state index in [9.17, 15) is 4.79 Å². The Bertz CT molecular complexity index is 1460. The summed E-state index contributed by atoms with van der Waals surface area (Å²) in [7, 11) is 0. The first-order chi connectivity index (χ1) is 17.6. The monoisotopic (exact) mass is 499 g/mol. The van der Waals surface area contributed by atoms with Crippen LogP contribution >= 0.6 is 11.3 Å². The minimum absolute atomic E-state index is 0.107. The number of hydrogen-bond acceptors (Lipinski definition) is 7. The number of para-hydroxylation sites is 1. The lowest BCUT2D eigenvalue weighted by molar-refractivity contribution is 0.0452. The molecule has 7 nitrogen and oxygen atoms in total. The van der Waals surface area contributed by atoms with Crippen LogP contribution in [0.1, 0.15) is 23.0 Å². The lowest BCUT2D eigenvalue weighted by Gasteiger charge is -2.10. The number of hydrogen-bond donors (Lipinski definition) is 0. The van der Waals surface area contributed by atoms with Crippen LogP contribution in [-0.4, -0.2) is 40.6 Å². The van der Waals surface area contributed by atoms with Gasteiger partial charge in [-0.15, -0.1) is 11.3 Å². The Labute approximate surface area is 212 Å². The van der Waals surface area contributed by atoms with Crippen LogP contribution in [0.4, 0.5) is 0 Å². The van der Waals surface area contributed by atoms with Crippen LogP contribution in [-0.2, 0) is 4.74 Å². The number of nitrogens with zero attached hydrogens (tertiary/aromatic N) is 3. The molecule has 0 amide bonds. The molecular formula is C28H25N3O4S. The van der Waals surface area contributed by atoms with Crippen molar-refractivity contribution in [3.05, 3.63) is 89.4 Å². The van der Waals surface area contributed by atoms with Crippen molar-refractivity contribution in [2.45, 2.75) is 13.8 Å². The number of carbonyl (C=O) groups excluding carboxylic acids is 1. The zero-order chi connectivity index (χ0) is 24.9. The van der Waals surface area contributed by atoms with Crippen LogP contribution in [0.15, 0.2) is 78.2 Å². The molecule has 36 heavy (non-hydrogen) atoms. The molecule has 0 saturated carbocycles. The van der Waals surface area contributed by atoms with E-state index in [2.05, 4.69) is 0 Å². The standard InChI is InChI=1S/C28H25N3O4S/c1-3-33-21-11-13-22(14-12-21)34-15-16-35-28(32)23-18-24(25-10-7-17-36-25)29-27-26(23)19(2)30-31(27)20-8-5-4-6-9-20/h4-14,17-18H,3,15-16H2,1-2H3. The fourth-order valence-electron chi connectivity index (χ4n) is 3.92. The number of esters is 1. The fraction of sp³-hybridized carbons (Fsp3) is 0.179. The fourth-order valence-corrected chi connectivity index (χ4v) is 4.61. The van der Waals surface area contributed by atoms with Crippen molar-refractivity contribution in [3.8, 4) is 27.8 Å². The molecule has 0 bridgehead atoms. The summed E-state index contributed by atoms with van der Waals surface area (Å²) in [6.45, 7) is 4.76. The molecule has 0 atom stereocenters. The molecule has 0 radical (unpaired) electrons. The summed E-state index contributed by atoms with van der Waals surface area (Å²) >= 11 is 1.56. The molecule has 5 rings (SSSR count). The van der Waals surface area contributed by atoms with Gasteiger partial charge in [-0.1, -0.05) is 24.3 Å². The molecule has 3 heterocycles. The predicted molar refractivity (Wildman–Crippen MR) is 140 cm³/mol. The molecule has 0 N–H and O–H groups in total. The van der Waals surface area contributed by atoms with E-state index in [4.69, 9.17) is 24.3 Å². The minimum atomic E-state index is -0.439. The Kier molecular flexibility index (Phi) is 6.95. The highest BCUT2D eigenvalue weighted by molar-refractivity contribution is 7.13. The van der Waals surface area contributed by atoms with E-state index in [-0.39, 0.29) is 13.2 Å². The normalized spacial score (nSPS) is 10.9. The van der Waals surface area contributed by atoms with Crippen molar-refractivity contribution < 1.29 is 19.0 Å². The number of ether oxygens (including phenoxy) is 3. The summed E-state index contributed by atoms with van der Waals surface area (Å²) in [5.41, 5.74) is 3.32. The Morgan fingerprint density at radius 1 is 0.944 bits per heavy atom. The molecule has 2 aromatic carbocycles. The lowest BCUT2D eigenvalue weighted by atomic mass is 10.1. The second-order valence-corrected chi connectivity index (χ2v) is 8.90. The predicted octanol–water partition coefficient (Wildman–Crippen LogP) is 6.09. The average Bonchev–Trinajstić information content (AvgIpc) is 3.56. The third-order valence-electron chi connectivity index (χ3n) is 5.53. The summed E-state index contributed by atoms with van der Waals surface area (Å²) in [6.07, 6.45) is 0. The number of carbonyl (C=O) groups is 1. The summed E-state index contributed by atoms with van der Waals surface area (Å²) in [4.78, 5) is 19.1. The van der Waals surface area contributed by atoms with Gasteiger partial charge in [0.1, 0.15) is 24.7 Å². The third kappa shape index (κ3) is 4.94. The molecule has 0 fully saturated rings. The van der Waals surface area contributed by atoms with Gasteiger partial charge in [0.05, 0.1) is 39.5 Å². The van der Waals surface area contributed by atoms with Gasteiger partial charge < -0.3 is 14.2 Å². The van der Waals surface area contributed by atoms with Gasteiger partial charge in [0.2, 0.25) is 0 Å². The van der Waals surface area contributed by atoms with Gasteiger partial charge in [0.25, 0.3) is 0 Å². The summed E-state index contributed by atoms with van der Waals surface area (Å²) in [5, 5.41) is 7.36. The molecule has 0 unspecified atom stereocenters. The number of fused-ring (bicyclic) bond motifs is 1. The Balaban J connectivity index is 1.39. The molecule has 0 spiro atoms. The number of pyridine rings is 1. The number of thiophene rings is 1. The lowest BCUT2D eigenvalue weighted by Crippen LogP contribution is -2.13. The number of aromatic nitrogens is 3. The van der Waals surface area contributed by atoms with Gasteiger partial charge in [-0.25, -0.2) is 14.5 Å². The second-order valence-electron chi connectivity index (χ2n) is 7.95. The molecule has 0 aliphatic heterocycles. The van der Waals surface area contributed by atoms with Crippen molar-refractivity contribution in [2.24, 2.45) is 0 Å². The number of aryl methyl sites for hydroxylation is 1. The SMILES string of the molecule is CCOc1ccc(OCCOC(=O)c2cc(-c3cccs3)nc3c2c(C)nn3-c2ccccc2)cc1. The van der Waals surface area contributed by atoms with Crippen LogP contribution in [0.2, 0.25) is 0 Å². The van der Waals surface area contributed by atoms with Gasteiger partial charge in [0.15, 0.2) is 5.65 Å². The Morgan fingerprint density at radius 3 is 2.39 bits per heavy atom. The molecule has 5 aromatic rings. The smallest absolute Gasteiger partial charge is 0.339 e. The van der Waals surface area contributed by atoms with Crippen LogP contribution in [0, 0.1) is 6.92 Å². The topological polar surface area (TPSA) is 75.5 Å². The van der Waals surface area contributed by atoms with E-state index in [1.165, 1.54) is 0 Å². The van der Waals surface area contributed by atoms with Crippen molar-refractivity contribution in [3.63, 3.8) is 0 Å². The van der Waals surface area contributed by atoms with E-state index >= 15 is 0 Å². The van der Waals surface area contributed by atoms with Crippen molar-refractivity contribution in [1.82, 2.24) is 14.8 Å². The highest BCUT2D eigenvalue weighted by Gasteiger charge is 2.22. The first-order valence-electron chi connectivity index (χ1n) is 11.7. The maximum Gasteiger partial charge on any atom is 0.339 e. The summed E-state index contributed by atoms with van der Waals surface area (Å²) in [5.74, 6) is 1.03. The first-order valence-corrected chi connectivity index (χ1v) is 12.5. The molecular weight excluding hydrogens is 474 g/mol. The van der Waals surface area contributed by atoms with Crippen LogP contribution in [0.25, 0.3) is 27.3 Å². The van der Waals surface area contributed by atoms with Crippen LogP contribution < -0.4 is 9.47 Å². The van der Waals surface area contributed by atoms with Gasteiger partial charge in [0, 0.05) is 0 Å². The number of rotatable bonds is 9. The molecule has 8 heteroatoms. The van der Waals surface area contributed by atoms with Crippen LogP contribution in [0.5, 0.6) is 11.5 Å². The molecule has 0 saturated heterocycles. The highest BCUT2D eigenvalue weighted by atomic mass is 32.1. The first kappa shape index (κ1) is 23.6. The number of benzene rings is 2. The maximum absolute atomic E-state index is 13.3. The second kappa shape index (κ2) is 10.6. The zero-order valence-electron chi connectivity index (χ0n) is 20.0. The molecule has 182 valence electrons. The van der Waals surface area contributed by atoms with Crippen molar-refractivity contribution in [1.29, 1.82) is 0 Å². The molecule has 0 aliphatic carbocycles. The van der Waals surface area contributed by atoms with Gasteiger partial charge in [-0.05, 0) is 67.8 Å². The maximum atomic E-state index is 13.3. The third-order valence-corrected chi connectivity index (χ3v) is 6.42. The van der Waals surface area contributed by atoms with E-state index in [1.807, 2.05) is 86.0 Å². The quantitative estimate of drug-likeness (QED) is 0.180. The van der Waals surface area contributed by atoms with E-state index in [0.29, 0.717) is 40.3 Å². The average molecular weight is 500 g/mol. The van der Waals surface area contributed by atoms with Gasteiger partial charge >= 0.3 is 5.97 Å². The molecule has 0 aliphatic rings. The van der Waals surface area contributed by atoms with E-state index < -0.39 is 5.97 Å². The zero-order valence-corrected chi connectivity index (χ0v) is 20.8. The largest absolute Gasteiger partial charge is 0.494 e. The van der Waals surface area contributed by atoms with E-state index in [0.717, 1.165) is 16.3 Å². The highest BCUT2D eigenvalue weighted by Crippen LogP contribution is 2.31. The van der Waals surface area contributed by atoms with Crippen LogP contribution in [0.3, 0.4) is 0 Å². The van der Waals surface area contributed by atoms with E-state index in [1.54, 1.807) is 22.1 Å². The van der Waals surface area contributed by atoms with Gasteiger partial charge in [-0.2, -0.15) is 5.10 Å². The van der Waals surface area contributed by atoms with Gasteiger partial charge in [-0.3, -0.25) is 0 Å².